The molecule has 0 aliphatic carbocycles. The van der Waals surface area contributed by atoms with Crippen LogP contribution in [0.25, 0.3) is 11.4 Å². The molecule has 0 atom stereocenters. The summed E-state index contributed by atoms with van der Waals surface area (Å²) in [6.45, 7) is -0.0685. The van der Waals surface area contributed by atoms with Crippen LogP contribution in [0.1, 0.15) is 10.7 Å². The Morgan fingerprint density at radius 2 is 2.00 bits per heavy atom. The van der Waals surface area contributed by atoms with Gasteiger partial charge in [-0.2, -0.15) is 10.1 Å². The van der Waals surface area contributed by atoms with Crippen molar-refractivity contribution in [2.24, 2.45) is 0 Å². The van der Waals surface area contributed by atoms with E-state index >= 15 is 0 Å². The van der Waals surface area contributed by atoms with Gasteiger partial charge in [0.2, 0.25) is 11.7 Å². The molecule has 0 radical (unpaired) electrons. The molecule has 0 saturated carbocycles. The highest BCUT2D eigenvalue weighted by atomic mass is 19.1. The van der Waals surface area contributed by atoms with Gasteiger partial charge in [0.15, 0.2) is 0 Å². The lowest BCUT2D eigenvalue weighted by atomic mass is 10.2. The number of rotatable bonds is 8. The number of carbonyl (C=O) groups is 2. The molecule has 2 heterocycles. The molecule has 13 heteroatoms. The summed E-state index contributed by atoms with van der Waals surface area (Å²) in [7, 11) is 0. The fourth-order valence-electron chi connectivity index (χ4n) is 2.26. The number of carbonyl (C=O) groups excluding carboxylic acids is 2. The van der Waals surface area contributed by atoms with Crippen LogP contribution in [0, 0.1) is 15.9 Å². The summed E-state index contributed by atoms with van der Waals surface area (Å²) in [4.78, 5) is 37.5. The maximum absolute atomic E-state index is 13.7. The zero-order valence-electron chi connectivity index (χ0n) is 14.7. The smallest absolute Gasteiger partial charge is 0.316 e. The minimum atomic E-state index is -0.683. The first-order chi connectivity index (χ1) is 13.9. The molecule has 29 heavy (non-hydrogen) atoms. The van der Waals surface area contributed by atoms with Crippen LogP contribution in [0.5, 0.6) is 0 Å². The molecule has 2 aromatic heterocycles. The second kappa shape index (κ2) is 8.69. The van der Waals surface area contributed by atoms with Crippen molar-refractivity contribution >= 4 is 17.5 Å². The van der Waals surface area contributed by atoms with E-state index in [-0.39, 0.29) is 42.6 Å². The van der Waals surface area contributed by atoms with Crippen LogP contribution in [0.3, 0.4) is 0 Å². The van der Waals surface area contributed by atoms with Crippen molar-refractivity contribution in [2.75, 3.05) is 13.1 Å². The molecule has 3 rings (SSSR count). The molecular formula is C16H14FN7O5. The zero-order valence-corrected chi connectivity index (χ0v) is 14.7. The van der Waals surface area contributed by atoms with E-state index in [1.807, 2.05) is 0 Å². The topological polar surface area (TPSA) is 158 Å². The molecule has 12 nitrogen and oxygen atoms in total. The third kappa shape index (κ3) is 4.97. The predicted octanol–water partition coefficient (Wildman–Crippen LogP) is 0.527. The third-order valence-electron chi connectivity index (χ3n) is 3.60. The van der Waals surface area contributed by atoms with Gasteiger partial charge in [0.1, 0.15) is 24.8 Å². The predicted molar refractivity (Wildman–Crippen MR) is 93.9 cm³/mol. The molecule has 0 aliphatic heterocycles. The highest BCUT2D eigenvalue weighted by Gasteiger charge is 2.17. The molecule has 2 N–H and O–H groups in total. The minimum absolute atomic E-state index is 0.0568. The fraction of sp³-hybridized carbons (Fsp3) is 0.188. The van der Waals surface area contributed by atoms with Crippen LogP contribution in [0.4, 0.5) is 10.1 Å². The van der Waals surface area contributed by atoms with Gasteiger partial charge in [0.05, 0.1) is 10.5 Å². The van der Waals surface area contributed by atoms with Crippen molar-refractivity contribution in [3.63, 3.8) is 0 Å². The zero-order chi connectivity index (χ0) is 20.8. The maximum atomic E-state index is 13.7. The van der Waals surface area contributed by atoms with Crippen molar-refractivity contribution in [1.29, 1.82) is 0 Å². The van der Waals surface area contributed by atoms with Crippen molar-refractivity contribution in [3.8, 4) is 11.4 Å². The Labute approximate surface area is 161 Å². The maximum Gasteiger partial charge on any atom is 0.316 e. The van der Waals surface area contributed by atoms with Crippen LogP contribution < -0.4 is 10.6 Å². The van der Waals surface area contributed by atoms with E-state index in [9.17, 15) is 24.1 Å². The van der Waals surface area contributed by atoms with Gasteiger partial charge >= 0.3 is 17.5 Å². The summed E-state index contributed by atoms with van der Waals surface area (Å²) in [6.07, 6.45) is 2.16. The van der Waals surface area contributed by atoms with Crippen molar-refractivity contribution in [2.45, 2.75) is 6.54 Å². The number of benzene rings is 1. The minimum Gasteiger partial charge on any atom is -0.353 e. The molecule has 1 aromatic carbocycles. The summed E-state index contributed by atoms with van der Waals surface area (Å²) < 4.78 is 19.6. The van der Waals surface area contributed by atoms with Crippen LogP contribution in [0.2, 0.25) is 0 Å². The standard InChI is InChI=1S/C16H14FN7O5/c17-12-4-2-1-3-11(12)14-21-16(29-22-14)15(26)19-6-5-18-13(25)9-23-8-10(7-20-23)24(27)28/h1-4,7-8H,5-6,9H2,(H,18,25)(H,19,26). The highest BCUT2D eigenvalue weighted by molar-refractivity contribution is 5.89. The van der Waals surface area contributed by atoms with Gasteiger partial charge in [-0.05, 0) is 12.1 Å². The third-order valence-corrected chi connectivity index (χ3v) is 3.60. The molecule has 0 saturated heterocycles. The summed E-state index contributed by atoms with van der Waals surface area (Å²) >= 11 is 0. The highest BCUT2D eigenvalue weighted by Crippen LogP contribution is 2.19. The molecule has 2 amide bonds. The Bertz CT molecular complexity index is 1050. The number of halogens is 1. The van der Waals surface area contributed by atoms with Crippen LogP contribution >= 0.6 is 0 Å². The van der Waals surface area contributed by atoms with Crippen molar-refractivity contribution in [1.82, 2.24) is 30.6 Å². The Kier molecular flexibility index (Phi) is 5.87. The Morgan fingerprint density at radius 1 is 1.24 bits per heavy atom. The van der Waals surface area contributed by atoms with E-state index in [2.05, 4.69) is 25.9 Å². The second-order valence-corrected chi connectivity index (χ2v) is 5.66. The number of aromatic nitrogens is 4. The van der Waals surface area contributed by atoms with E-state index in [1.54, 1.807) is 6.07 Å². The number of nitrogens with one attached hydrogen (secondary N) is 2. The summed E-state index contributed by atoms with van der Waals surface area (Å²) in [5.74, 6) is -2.09. The quantitative estimate of drug-likeness (QED) is 0.313. The fourth-order valence-corrected chi connectivity index (χ4v) is 2.26. The summed E-state index contributed by atoms with van der Waals surface area (Å²) in [5.41, 5.74) is -0.124. The van der Waals surface area contributed by atoms with Crippen LogP contribution in [-0.4, -0.2) is 49.7 Å². The number of hydrogen-bond acceptors (Lipinski definition) is 8. The van der Waals surface area contributed by atoms with E-state index < -0.39 is 22.6 Å². The molecule has 0 aliphatic rings. The summed E-state index contributed by atoms with van der Waals surface area (Å²) in [5, 5.41) is 22.8. The van der Waals surface area contributed by atoms with Gasteiger partial charge in [-0.25, -0.2) is 4.39 Å². The molecule has 0 unspecified atom stereocenters. The number of nitro groups is 1. The Balaban J connectivity index is 1.43. The molecule has 0 fully saturated rings. The van der Waals surface area contributed by atoms with E-state index in [1.165, 1.54) is 18.2 Å². The molecule has 150 valence electrons. The lowest BCUT2D eigenvalue weighted by Gasteiger charge is -2.05. The monoisotopic (exact) mass is 403 g/mol. The number of hydrogen-bond donors (Lipinski definition) is 2. The molecule has 3 aromatic rings. The van der Waals surface area contributed by atoms with Crippen LogP contribution in [-0.2, 0) is 11.3 Å². The van der Waals surface area contributed by atoms with Gasteiger partial charge in [0, 0.05) is 13.1 Å². The van der Waals surface area contributed by atoms with Gasteiger partial charge in [-0.3, -0.25) is 24.4 Å². The van der Waals surface area contributed by atoms with E-state index in [0.717, 1.165) is 17.1 Å². The van der Waals surface area contributed by atoms with Gasteiger partial charge in [-0.15, -0.1) is 0 Å². The van der Waals surface area contributed by atoms with Gasteiger partial charge in [0.25, 0.3) is 0 Å². The van der Waals surface area contributed by atoms with E-state index in [4.69, 9.17) is 4.52 Å². The molecule has 0 bridgehead atoms. The average molecular weight is 403 g/mol. The Morgan fingerprint density at radius 3 is 2.72 bits per heavy atom. The van der Waals surface area contributed by atoms with Crippen molar-refractivity contribution in [3.05, 3.63) is 58.5 Å². The van der Waals surface area contributed by atoms with Gasteiger partial charge in [-0.1, -0.05) is 17.3 Å². The first kappa shape index (κ1) is 19.6. The molecular weight excluding hydrogens is 389 g/mol. The van der Waals surface area contributed by atoms with Crippen molar-refractivity contribution < 1.29 is 23.4 Å². The molecule has 0 spiro atoms. The Hall–Kier alpha value is -4.16. The van der Waals surface area contributed by atoms with Crippen LogP contribution in [0.15, 0.2) is 41.2 Å². The first-order valence-corrected chi connectivity index (χ1v) is 8.24. The largest absolute Gasteiger partial charge is 0.353 e. The SMILES string of the molecule is O=C(Cn1cc([N+](=O)[O-])cn1)NCCNC(=O)c1nc(-c2ccccc2F)no1. The summed E-state index contributed by atoms with van der Waals surface area (Å²) in [6, 6.07) is 5.79. The second-order valence-electron chi connectivity index (χ2n) is 5.66. The first-order valence-electron chi connectivity index (χ1n) is 8.24. The number of amides is 2. The van der Waals surface area contributed by atoms with Gasteiger partial charge < -0.3 is 15.2 Å². The van der Waals surface area contributed by atoms with E-state index in [0.29, 0.717) is 0 Å². The number of nitrogens with zero attached hydrogens (tertiary/aromatic N) is 5. The lowest BCUT2D eigenvalue weighted by molar-refractivity contribution is -0.385. The normalized spacial score (nSPS) is 10.5. The average Bonchev–Trinajstić information content (AvgIpc) is 3.35. The lowest BCUT2D eigenvalue weighted by Crippen LogP contribution is -2.36.